The van der Waals surface area contributed by atoms with Crippen LogP contribution in [0, 0.1) is 19.8 Å². The van der Waals surface area contributed by atoms with Gasteiger partial charge in [-0.25, -0.2) is 4.98 Å². The third-order valence-corrected chi connectivity index (χ3v) is 13.3. The lowest BCUT2D eigenvalue weighted by atomic mass is 9.91. The number of para-hydroxylation sites is 1. The molecule has 0 spiro atoms. The highest BCUT2D eigenvalue weighted by atomic mass is 32.1. The van der Waals surface area contributed by atoms with E-state index in [4.69, 9.17) is 10.3 Å². The van der Waals surface area contributed by atoms with Crippen LogP contribution in [0.5, 0.6) is 5.75 Å². The number of aliphatic hydroxyl groups excluding tert-OH is 1. The molecule has 2 aromatic carbocycles. The summed E-state index contributed by atoms with van der Waals surface area (Å²) >= 11 is 1.55. The molecule has 6 N–H and O–H groups in total. The normalized spacial score (nSPS) is 15.8. The molecule has 0 radical (unpaired) electrons. The maximum absolute atomic E-state index is 14.1. The summed E-state index contributed by atoms with van der Waals surface area (Å²) in [5.74, 6) is -0.890. The van der Waals surface area contributed by atoms with E-state index in [2.05, 4.69) is 36.1 Å². The first-order chi connectivity index (χ1) is 32.4. The van der Waals surface area contributed by atoms with Gasteiger partial charge in [0.1, 0.15) is 23.5 Å². The van der Waals surface area contributed by atoms with Crippen LogP contribution in [0.1, 0.15) is 113 Å². The summed E-state index contributed by atoms with van der Waals surface area (Å²) in [6.07, 6.45) is 11.3. The van der Waals surface area contributed by atoms with Crippen molar-refractivity contribution in [3.05, 3.63) is 101 Å². The molecular formula is C50H62N10O6S. The van der Waals surface area contributed by atoms with Crippen LogP contribution in [-0.4, -0.2) is 88.2 Å². The molecule has 17 heteroatoms. The lowest BCUT2D eigenvalue weighted by Gasteiger charge is -2.30. The number of amides is 3. The van der Waals surface area contributed by atoms with E-state index in [9.17, 15) is 24.6 Å². The predicted molar refractivity (Wildman–Crippen MR) is 257 cm³/mol. The monoisotopic (exact) mass is 930 g/mol. The maximum atomic E-state index is 14.1. The number of carbonyl (C=O) groups excluding carboxylic acids is 3. The number of nitrogens with one attached hydrogen (secondary N) is 2. The van der Waals surface area contributed by atoms with Crippen LogP contribution in [0.4, 0.5) is 5.82 Å². The lowest BCUT2D eigenvalue weighted by molar-refractivity contribution is -0.141. The highest BCUT2D eigenvalue weighted by Crippen LogP contribution is 2.34. The number of rotatable bonds is 22. The topological polar surface area (TPSA) is 228 Å². The van der Waals surface area contributed by atoms with E-state index in [0.29, 0.717) is 35.1 Å². The molecule has 4 aromatic heterocycles. The number of thiazole rings is 1. The lowest BCUT2D eigenvalue weighted by Crippen LogP contribution is -2.49. The number of aromatic nitrogens is 6. The Bertz CT molecular complexity index is 2590. The van der Waals surface area contributed by atoms with Gasteiger partial charge in [-0.1, -0.05) is 93.9 Å². The number of nitrogens with two attached hydrogens (primary N) is 1. The zero-order valence-electron chi connectivity index (χ0n) is 38.7. The van der Waals surface area contributed by atoms with Crippen molar-refractivity contribution in [3.63, 3.8) is 0 Å². The van der Waals surface area contributed by atoms with Gasteiger partial charge in [0, 0.05) is 55.0 Å². The van der Waals surface area contributed by atoms with E-state index in [1.165, 1.54) is 4.90 Å². The largest absolute Gasteiger partial charge is 0.507 e. The van der Waals surface area contributed by atoms with Gasteiger partial charge in [-0.3, -0.25) is 19.1 Å². The van der Waals surface area contributed by atoms with Crippen LogP contribution in [0.3, 0.4) is 0 Å². The second-order valence-electron chi connectivity index (χ2n) is 17.9. The molecular weight excluding hydrogens is 869 g/mol. The van der Waals surface area contributed by atoms with Crippen molar-refractivity contribution >= 4 is 34.9 Å². The Morgan fingerprint density at radius 1 is 0.925 bits per heavy atom. The van der Waals surface area contributed by atoms with Gasteiger partial charge in [-0.05, 0) is 61.9 Å². The van der Waals surface area contributed by atoms with Gasteiger partial charge in [0.2, 0.25) is 17.7 Å². The molecule has 0 aliphatic carbocycles. The quantitative estimate of drug-likeness (QED) is 0.0409. The molecule has 4 atom stereocenters. The Kier molecular flexibility index (Phi) is 16.5. The maximum Gasteiger partial charge on any atom is 0.243 e. The van der Waals surface area contributed by atoms with Crippen molar-refractivity contribution < 1.29 is 29.1 Å². The number of likely N-dealkylation sites (tertiary alicyclic amines) is 1. The summed E-state index contributed by atoms with van der Waals surface area (Å²) < 4.78 is 7.42. The molecule has 3 amide bonds. The molecule has 0 unspecified atom stereocenters. The van der Waals surface area contributed by atoms with Crippen molar-refractivity contribution in [3.8, 4) is 38.6 Å². The van der Waals surface area contributed by atoms with Gasteiger partial charge in [-0.2, -0.15) is 5.10 Å². The number of hydrogen-bond donors (Lipinski definition) is 5. The third-order valence-electron chi connectivity index (χ3n) is 12.4. The molecule has 6 aromatic rings. The molecule has 1 aliphatic rings. The smallest absolute Gasteiger partial charge is 0.243 e. The summed E-state index contributed by atoms with van der Waals surface area (Å²) in [6.45, 7) is 8.90. The summed E-state index contributed by atoms with van der Waals surface area (Å²) in [4.78, 5) is 48.5. The molecule has 67 heavy (non-hydrogen) atoms. The summed E-state index contributed by atoms with van der Waals surface area (Å²) in [5.41, 5.74) is 14.0. The second-order valence-corrected chi connectivity index (χ2v) is 18.7. The number of phenols is 1. The number of aromatic hydroxyl groups is 1. The van der Waals surface area contributed by atoms with E-state index in [1.54, 1.807) is 54.2 Å². The van der Waals surface area contributed by atoms with Crippen LogP contribution in [-0.2, 0) is 20.9 Å². The Hall–Kier alpha value is -6.46. The molecule has 7 rings (SSSR count). The molecule has 5 heterocycles. The van der Waals surface area contributed by atoms with Gasteiger partial charge in [0.05, 0.1) is 52.2 Å². The summed E-state index contributed by atoms with van der Waals surface area (Å²) in [5, 5.41) is 44.0. The van der Waals surface area contributed by atoms with E-state index < -0.39 is 30.0 Å². The van der Waals surface area contributed by atoms with E-state index in [0.717, 1.165) is 90.7 Å². The molecule has 0 bridgehead atoms. The number of hydrogen-bond acceptors (Lipinski definition) is 13. The van der Waals surface area contributed by atoms with Crippen molar-refractivity contribution in [2.45, 2.75) is 123 Å². The number of phenolic OH excluding ortho intramolecular Hbond substituents is 1. The number of anilines is 1. The minimum atomic E-state index is -0.925. The number of carbonyl (C=O) groups is 3. The molecule has 1 aliphatic heterocycles. The minimum Gasteiger partial charge on any atom is -0.507 e. The van der Waals surface area contributed by atoms with Crippen LogP contribution < -0.4 is 16.4 Å². The Morgan fingerprint density at radius 3 is 2.34 bits per heavy atom. The van der Waals surface area contributed by atoms with Gasteiger partial charge < -0.3 is 36.0 Å². The highest BCUT2D eigenvalue weighted by Gasteiger charge is 2.43. The molecule has 16 nitrogen and oxygen atoms in total. The highest BCUT2D eigenvalue weighted by molar-refractivity contribution is 7.13. The number of nitrogen functional groups attached to an aromatic ring is 1. The average Bonchev–Trinajstić information content (AvgIpc) is 4.14. The van der Waals surface area contributed by atoms with Crippen LogP contribution >= 0.6 is 11.3 Å². The number of β-amino-alcohol motifs (C(OH)–C–C–N with tert-alkyl or cyclic N) is 1. The first-order valence-electron chi connectivity index (χ1n) is 23.3. The summed E-state index contributed by atoms with van der Waals surface area (Å²) in [7, 11) is 0. The number of benzene rings is 2. The van der Waals surface area contributed by atoms with Crippen LogP contribution in [0.2, 0.25) is 0 Å². The second kappa shape index (κ2) is 22.8. The number of aliphatic hydroxyl groups is 1. The number of unbranched alkanes of at least 4 members (excludes halogenated alkanes) is 7. The minimum absolute atomic E-state index is 0.00920. The first-order valence-corrected chi connectivity index (χ1v) is 24.2. The molecule has 1 fully saturated rings. The van der Waals surface area contributed by atoms with E-state index in [1.807, 2.05) is 68.0 Å². The third kappa shape index (κ3) is 12.5. The number of aryl methyl sites for hydroxylation is 3. The van der Waals surface area contributed by atoms with Gasteiger partial charge in [0.15, 0.2) is 5.82 Å². The van der Waals surface area contributed by atoms with Gasteiger partial charge >= 0.3 is 0 Å². The fraction of sp³-hybridized carbons (Fsp3) is 0.440. The van der Waals surface area contributed by atoms with Crippen LogP contribution in [0.25, 0.3) is 32.8 Å². The Balaban J connectivity index is 0.852. The fourth-order valence-electron chi connectivity index (χ4n) is 8.74. The van der Waals surface area contributed by atoms with E-state index >= 15 is 0 Å². The van der Waals surface area contributed by atoms with Crippen molar-refractivity contribution in [2.75, 3.05) is 18.8 Å². The Morgan fingerprint density at radius 2 is 1.66 bits per heavy atom. The van der Waals surface area contributed by atoms with Crippen molar-refractivity contribution in [2.24, 2.45) is 5.92 Å². The standard InChI is InChI=1S/C50H62N10O6S/c1-31(2)46(44-23-32(3)58-66-44)50(65)60-29-37(61)24-42(60)49(64)55-40(34-17-19-35(20-18-34)47-33(4)53-30-67-47)26-45(63)52-21-13-9-7-5-6-8-10-14-22-59-28-36(27-54-59)39-25-41(56-57-48(39)51)38-15-11-12-16-43(38)62/h11-12,15-20,23,25,27-28,30-31,37,40,42,46,61-62H,5-10,13-14,21-22,24,26,29H2,1-4H3,(H2,51,57)(H,52,63)(H,55,64)/t37-,40+,42+,46+/m1/s1. The SMILES string of the molecule is Cc1cc([C@@H](C(=O)N2C[C@H](O)C[C@H]2C(=O)N[C@@H](CC(=O)NCCCCCCCCCCn2cc(-c3cc(-c4ccccc4O)nnc3N)cn2)c2ccc(-c3scnc3C)cc2)C(C)C)on1. The first kappa shape index (κ1) is 48.5. The average molecular weight is 931 g/mol. The van der Waals surface area contributed by atoms with Crippen molar-refractivity contribution in [1.82, 2.24) is 45.7 Å². The number of nitrogens with zero attached hydrogens (tertiary/aromatic N) is 7. The predicted octanol–water partition coefficient (Wildman–Crippen LogP) is 7.91. The fourth-order valence-corrected chi connectivity index (χ4v) is 9.55. The Labute approximate surface area is 395 Å². The zero-order valence-corrected chi connectivity index (χ0v) is 39.5. The molecule has 0 saturated carbocycles. The van der Waals surface area contributed by atoms with Gasteiger partial charge in [0.25, 0.3) is 0 Å². The molecule has 354 valence electrons. The summed E-state index contributed by atoms with van der Waals surface area (Å²) in [6, 6.07) is 16.7. The van der Waals surface area contributed by atoms with E-state index in [-0.39, 0.29) is 42.9 Å². The molecule has 1 saturated heterocycles. The zero-order chi connectivity index (χ0) is 47.5. The van der Waals surface area contributed by atoms with Crippen molar-refractivity contribution in [1.29, 1.82) is 0 Å². The van der Waals surface area contributed by atoms with Gasteiger partial charge in [-0.15, -0.1) is 21.5 Å². The van der Waals surface area contributed by atoms with Crippen LogP contribution in [0.15, 0.2) is 83.1 Å².